The molecule has 1 aliphatic rings. The van der Waals surface area contributed by atoms with Crippen molar-refractivity contribution in [2.24, 2.45) is 0 Å². The lowest BCUT2D eigenvalue weighted by Gasteiger charge is -2.28. The van der Waals surface area contributed by atoms with E-state index in [0.29, 0.717) is 5.03 Å². The fourth-order valence-corrected chi connectivity index (χ4v) is 4.48. The molecular weight excluding hydrogens is 386 g/mol. The Balaban J connectivity index is 1.81. The normalized spacial score (nSPS) is 17.6. The Bertz CT molecular complexity index is 1050. The van der Waals surface area contributed by atoms with Crippen LogP contribution in [0.5, 0.6) is 0 Å². The van der Waals surface area contributed by atoms with Gasteiger partial charge in [0.25, 0.3) is 0 Å². The maximum Gasteiger partial charge on any atom is 0.0447 e. The summed E-state index contributed by atoms with van der Waals surface area (Å²) in [5.74, 6) is 0. The average Bonchev–Trinajstić information content (AvgIpc) is 2.90. The smallest absolute Gasteiger partial charge is 0.0447 e. The van der Waals surface area contributed by atoms with Gasteiger partial charge >= 0.3 is 0 Å². The van der Waals surface area contributed by atoms with Crippen LogP contribution in [0.4, 0.5) is 5.69 Å². The second kappa shape index (κ2) is 8.32. The van der Waals surface area contributed by atoms with Crippen molar-refractivity contribution in [1.29, 1.82) is 0 Å². The number of halogens is 1. The summed E-state index contributed by atoms with van der Waals surface area (Å²) in [4.78, 5) is 2.25. The van der Waals surface area contributed by atoms with E-state index in [2.05, 4.69) is 108 Å². The van der Waals surface area contributed by atoms with Gasteiger partial charge in [0, 0.05) is 34.3 Å². The van der Waals surface area contributed by atoms with Crippen LogP contribution in [0.15, 0.2) is 95.7 Å². The highest BCUT2D eigenvalue weighted by molar-refractivity contribution is 6.31. The van der Waals surface area contributed by atoms with Gasteiger partial charge in [-0.15, -0.1) is 0 Å². The van der Waals surface area contributed by atoms with E-state index >= 15 is 0 Å². The molecule has 0 fully saturated rings. The number of anilines is 1. The number of nitrogens with zero attached hydrogens (tertiary/aromatic N) is 1. The van der Waals surface area contributed by atoms with E-state index in [1.54, 1.807) is 0 Å². The number of hydrogen-bond donors (Lipinski definition) is 0. The number of allylic oxidation sites excluding steroid dienone is 7. The van der Waals surface area contributed by atoms with E-state index in [1.165, 1.54) is 28.1 Å². The fraction of sp³-hybridized carbons (Fsp3) is 0.286. The summed E-state index contributed by atoms with van der Waals surface area (Å²) in [5, 5.41) is 0.685. The van der Waals surface area contributed by atoms with E-state index in [-0.39, 0.29) is 10.8 Å². The molecule has 0 saturated heterocycles. The Morgan fingerprint density at radius 3 is 2.33 bits per heavy atom. The molecule has 0 spiro atoms. The van der Waals surface area contributed by atoms with Gasteiger partial charge in [0.1, 0.15) is 0 Å². The van der Waals surface area contributed by atoms with Crippen LogP contribution in [0, 0.1) is 6.92 Å². The SMILES string of the molecule is C=C(/C=C/C(Cl)=C/C=C1/N(C)c2ccccc2C1(C)C)C(C)(C)c1ccccc1C. The zero-order valence-corrected chi connectivity index (χ0v) is 19.7. The van der Waals surface area contributed by atoms with Crippen LogP contribution in [0.2, 0.25) is 0 Å². The molecule has 156 valence electrons. The molecule has 0 radical (unpaired) electrons. The van der Waals surface area contributed by atoms with Crippen molar-refractivity contribution >= 4 is 17.3 Å². The van der Waals surface area contributed by atoms with Crippen LogP contribution in [-0.4, -0.2) is 7.05 Å². The number of aryl methyl sites for hydroxylation is 1. The lowest BCUT2D eigenvalue weighted by Crippen LogP contribution is -2.22. The van der Waals surface area contributed by atoms with Gasteiger partial charge < -0.3 is 4.90 Å². The van der Waals surface area contributed by atoms with Crippen LogP contribution in [0.1, 0.15) is 44.4 Å². The van der Waals surface area contributed by atoms with Gasteiger partial charge in [-0.2, -0.15) is 0 Å². The number of benzene rings is 2. The molecule has 0 unspecified atom stereocenters. The Morgan fingerprint density at radius 1 is 1.03 bits per heavy atom. The van der Waals surface area contributed by atoms with Crippen molar-refractivity contribution in [3.8, 4) is 0 Å². The van der Waals surface area contributed by atoms with Crippen LogP contribution in [-0.2, 0) is 10.8 Å². The fourth-order valence-electron chi connectivity index (χ4n) is 4.35. The van der Waals surface area contributed by atoms with Gasteiger partial charge in [-0.25, -0.2) is 0 Å². The van der Waals surface area contributed by atoms with Gasteiger partial charge in [-0.05, 0) is 53.5 Å². The largest absolute Gasteiger partial charge is 0.347 e. The molecule has 0 saturated carbocycles. The maximum absolute atomic E-state index is 6.55. The van der Waals surface area contributed by atoms with Gasteiger partial charge in [0.05, 0.1) is 0 Å². The number of fused-ring (bicyclic) bond motifs is 1. The van der Waals surface area contributed by atoms with Gasteiger partial charge in [0.2, 0.25) is 0 Å². The molecule has 30 heavy (non-hydrogen) atoms. The van der Waals surface area contributed by atoms with E-state index in [4.69, 9.17) is 11.6 Å². The summed E-state index contributed by atoms with van der Waals surface area (Å²) in [6, 6.07) is 17.0. The topological polar surface area (TPSA) is 3.24 Å². The molecule has 1 heterocycles. The van der Waals surface area contributed by atoms with E-state index in [0.717, 1.165) is 5.57 Å². The second-order valence-electron chi connectivity index (χ2n) is 9.10. The Morgan fingerprint density at radius 2 is 1.67 bits per heavy atom. The predicted octanol–water partition coefficient (Wildman–Crippen LogP) is 7.82. The summed E-state index contributed by atoms with van der Waals surface area (Å²) < 4.78 is 0. The summed E-state index contributed by atoms with van der Waals surface area (Å²) >= 11 is 6.55. The molecule has 0 bridgehead atoms. The van der Waals surface area contributed by atoms with E-state index < -0.39 is 0 Å². The van der Waals surface area contributed by atoms with Gasteiger partial charge in [-0.3, -0.25) is 0 Å². The molecule has 1 aliphatic heterocycles. The van der Waals surface area contributed by atoms with Crippen molar-refractivity contribution in [3.63, 3.8) is 0 Å². The minimum absolute atomic E-state index is 0.0564. The third kappa shape index (κ3) is 4.04. The maximum atomic E-state index is 6.55. The minimum Gasteiger partial charge on any atom is -0.347 e. The van der Waals surface area contributed by atoms with Crippen molar-refractivity contribution in [2.75, 3.05) is 11.9 Å². The van der Waals surface area contributed by atoms with Crippen LogP contribution in [0.3, 0.4) is 0 Å². The molecular formula is C28H32ClN. The second-order valence-corrected chi connectivity index (χ2v) is 9.54. The molecule has 3 rings (SSSR count). The molecule has 2 aromatic carbocycles. The number of hydrogen-bond acceptors (Lipinski definition) is 1. The third-order valence-corrected chi connectivity index (χ3v) is 6.66. The molecule has 2 aromatic rings. The van der Waals surface area contributed by atoms with Crippen LogP contribution >= 0.6 is 11.6 Å². The Kier molecular flexibility index (Phi) is 6.15. The molecule has 1 nitrogen and oxygen atoms in total. The van der Waals surface area contributed by atoms with Gasteiger partial charge in [0.15, 0.2) is 0 Å². The molecule has 0 N–H and O–H groups in total. The van der Waals surface area contributed by atoms with Crippen LogP contribution in [0.25, 0.3) is 0 Å². The van der Waals surface area contributed by atoms with Crippen LogP contribution < -0.4 is 4.90 Å². The highest BCUT2D eigenvalue weighted by Gasteiger charge is 2.37. The number of rotatable bonds is 5. The van der Waals surface area contributed by atoms with Crippen molar-refractivity contribution in [3.05, 3.63) is 112 Å². The van der Waals surface area contributed by atoms with E-state index in [9.17, 15) is 0 Å². The van der Waals surface area contributed by atoms with Gasteiger partial charge in [-0.1, -0.05) is 94.4 Å². The zero-order valence-electron chi connectivity index (χ0n) is 19.0. The third-order valence-electron chi connectivity index (χ3n) is 6.41. The van der Waals surface area contributed by atoms with Crippen molar-refractivity contribution < 1.29 is 0 Å². The number of para-hydroxylation sites is 1. The summed E-state index contributed by atoms with van der Waals surface area (Å²) in [7, 11) is 2.11. The quantitative estimate of drug-likeness (QED) is 0.448. The first kappa shape index (κ1) is 22.2. The van der Waals surface area contributed by atoms with E-state index in [1.807, 2.05) is 18.2 Å². The first-order valence-corrected chi connectivity index (χ1v) is 10.8. The summed E-state index contributed by atoms with van der Waals surface area (Å²) in [6.45, 7) is 15.4. The molecule has 0 atom stereocenters. The molecule has 0 aliphatic carbocycles. The van der Waals surface area contributed by atoms with Crippen molar-refractivity contribution in [2.45, 2.75) is 45.4 Å². The lowest BCUT2D eigenvalue weighted by molar-refractivity contribution is 0.637. The monoisotopic (exact) mass is 417 g/mol. The average molecular weight is 418 g/mol. The van der Waals surface area contributed by atoms with Crippen molar-refractivity contribution in [1.82, 2.24) is 0 Å². The zero-order chi connectivity index (χ0) is 22.1. The highest BCUT2D eigenvalue weighted by Crippen LogP contribution is 2.46. The Hall–Kier alpha value is -2.51. The first-order chi connectivity index (χ1) is 14.1. The molecule has 0 aromatic heterocycles. The first-order valence-electron chi connectivity index (χ1n) is 10.4. The predicted molar refractivity (Wildman–Crippen MR) is 132 cm³/mol. The lowest BCUT2D eigenvalue weighted by atomic mass is 9.76. The highest BCUT2D eigenvalue weighted by atomic mass is 35.5. The summed E-state index contributed by atoms with van der Waals surface area (Å²) in [6.07, 6.45) is 8.07. The molecule has 0 amide bonds. The summed E-state index contributed by atoms with van der Waals surface area (Å²) in [5.41, 5.74) is 7.19. The minimum atomic E-state index is -0.160. The molecule has 2 heteroatoms. The Labute approximate surface area is 187 Å². The standard InChI is InChI=1S/C28H32ClN/c1-20-12-8-9-13-23(20)27(3,4)21(2)16-17-22(29)18-19-26-28(5,6)24-14-10-11-15-25(24)30(26)7/h8-19H,2H2,1,3-7H3/b17-16+,22-18-,26-19+. The number of likely N-dealkylation sites (N-methyl/N-ethyl adjacent to an activating group) is 1.